The molecule has 6 heteroatoms. The van der Waals surface area contributed by atoms with E-state index in [9.17, 15) is 9.59 Å². The number of rotatable bonds is 5. The van der Waals surface area contributed by atoms with Crippen LogP contribution in [-0.2, 0) is 14.3 Å². The number of hydrogen-bond acceptors (Lipinski definition) is 4. The van der Waals surface area contributed by atoms with Crippen LogP contribution >= 0.6 is 0 Å². The van der Waals surface area contributed by atoms with E-state index in [1.807, 2.05) is 4.90 Å². The molecule has 1 atom stereocenters. The quantitative estimate of drug-likeness (QED) is 0.813. The lowest BCUT2D eigenvalue weighted by Gasteiger charge is -2.39. The molecule has 23 heavy (non-hydrogen) atoms. The van der Waals surface area contributed by atoms with Gasteiger partial charge in [-0.2, -0.15) is 0 Å². The van der Waals surface area contributed by atoms with Crippen molar-refractivity contribution in [3.63, 3.8) is 0 Å². The normalized spacial score (nSPS) is 27.9. The number of nitrogens with zero attached hydrogens (tertiary/aromatic N) is 2. The molecule has 0 spiro atoms. The predicted octanol–water partition coefficient (Wildman–Crippen LogP) is 0.846. The third-order valence-corrected chi connectivity index (χ3v) is 5.44. The number of carbonyl (C=O) groups is 2. The Kier molecular flexibility index (Phi) is 6.41. The van der Waals surface area contributed by atoms with Crippen molar-refractivity contribution in [2.24, 2.45) is 17.6 Å². The zero-order valence-electron chi connectivity index (χ0n) is 14.7. The van der Waals surface area contributed by atoms with E-state index in [0.29, 0.717) is 11.9 Å². The molecule has 1 saturated carbocycles. The lowest BCUT2D eigenvalue weighted by Crippen LogP contribution is -2.52. The molecule has 0 aromatic carbocycles. The van der Waals surface area contributed by atoms with Gasteiger partial charge in [-0.1, -0.05) is 0 Å². The van der Waals surface area contributed by atoms with E-state index in [0.717, 1.165) is 51.9 Å². The lowest BCUT2D eigenvalue weighted by atomic mass is 9.78. The molecule has 1 heterocycles. The van der Waals surface area contributed by atoms with E-state index < -0.39 is 12.0 Å². The number of primary amides is 1. The van der Waals surface area contributed by atoms with Crippen molar-refractivity contribution in [1.29, 1.82) is 0 Å². The Morgan fingerprint density at radius 2 is 1.61 bits per heavy atom. The van der Waals surface area contributed by atoms with Gasteiger partial charge in [-0.15, -0.1) is 0 Å². The second-order valence-corrected chi connectivity index (χ2v) is 7.13. The Labute approximate surface area is 139 Å². The molecule has 2 N–H and O–H groups in total. The Balaban J connectivity index is 1.81. The van der Waals surface area contributed by atoms with Gasteiger partial charge in [0.2, 0.25) is 11.8 Å². The molecule has 2 fully saturated rings. The molecule has 0 aromatic heterocycles. The van der Waals surface area contributed by atoms with E-state index in [4.69, 9.17) is 10.5 Å². The molecular weight excluding hydrogens is 294 g/mol. The fraction of sp³-hybridized carbons (Fsp3) is 0.882. The highest BCUT2D eigenvalue weighted by molar-refractivity contribution is 5.80. The van der Waals surface area contributed by atoms with Crippen LogP contribution in [0.4, 0.5) is 0 Å². The highest BCUT2D eigenvalue weighted by Crippen LogP contribution is 2.33. The summed E-state index contributed by atoms with van der Waals surface area (Å²) in [6.07, 6.45) is 2.83. The molecule has 1 aliphatic heterocycles. The second kappa shape index (κ2) is 8.11. The molecule has 0 aromatic rings. The van der Waals surface area contributed by atoms with Gasteiger partial charge in [0.05, 0.1) is 0 Å². The van der Waals surface area contributed by atoms with Gasteiger partial charge in [-0.05, 0) is 45.4 Å². The highest BCUT2D eigenvalue weighted by atomic mass is 16.5. The van der Waals surface area contributed by atoms with Gasteiger partial charge in [0.15, 0.2) is 0 Å². The average Bonchev–Trinajstić information content (AvgIpc) is 2.55. The van der Waals surface area contributed by atoms with Crippen molar-refractivity contribution >= 4 is 11.8 Å². The molecule has 1 saturated heterocycles. The van der Waals surface area contributed by atoms with Crippen molar-refractivity contribution in [2.45, 2.75) is 51.7 Å². The fourth-order valence-corrected chi connectivity index (χ4v) is 3.93. The number of hydrogen-bond donors (Lipinski definition) is 1. The summed E-state index contributed by atoms with van der Waals surface area (Å²) in [6.45, 7) is 7.99. The van der Waals surface area contributed by atoms with E-state index in [1.165, 1.54) is 7.11 Å². The summed E-state index contributed by atoms with van der Waals surface area (Å²) >= 11 is 0. The minimum Gasteiger partial charge on any atom is -0.371 e. The zero-order chi connectivity index (χ0) is 17.0. The Bertz CT molecular complexity index is 411. The minimum absolute atomic E-state index is 0.0993. The number of nitrogens with two attached hydrogens (primary N) is 1. The van der Waals surface area contributed by atoms with Gasteiger partial charge in [-0.25, -0.2) is 0 Å². The lowest BCUT2D eigenvalue weighted by molar-refractivity contribution is -0.140. The first-order chi connectivity index (χ1) is 10.9. The summed E-state index contributed by atoms with van der Waals surface area (Å²) in [6, 6.07) is 0.544. The molecule has 132 valence electrons. The second-order valence-electron chi connectivity index (χ2n) is 7.13. The molecule has 0 radical (unpaired) electrons. The summed E-state index contributed by atoms with van der Waals surface area (Å²) in [5.74, 6) is 0.147. The van der Waals surface area contributed by atoms with Crippen LogP contribution < -0.4 is 5.73 Å². The highest BCUT2D eigenvalue weighted by Gasteiger charge is 2.35. The predicted molar refractivity (Wildman–Crippen MR) is 88.7 cm³/mol. The van der Waals surface area contributed by atoms with Gasteiger partial charge in [-0.3, -0.25) is 14.5 Å². The number of carbonyl (C=O) groups excluding carboxylic acids is 2. The SMILES string of the molecule is COC(C(N)=O)C1CCC(C(=O)N2CCN(C(C)C)CC2)CC1. The molecule has 1 aliphatic carbocycles. The van der Waals surface area contributed by atoms with Gasteiger partial charge in [0, 0.05) is 45.2 Å². The van der Waals surface area contributed by atoms with Crippen LogP contribution in [0.2, 0.25) is 0 Å². The van der Waals surface area contributed by atoms with E-state index in [1.54, 1.807) is 0 Å². The number of piperazine rings is 1. The first kappa shape index (κ1) is 18.2. The van der Waals surface area contributed by atoms with Gasteiger partial charge in [0.25, 0.3) is 0 Å². The first-order valence-corrected chi connectivity index (χ1v) is 8.79. The standard InChI is InChI=1S/C17H31N3O3/c1-12(2)19-8-10-20(11-9-19)17(22)14-6-4-13(5-7-14)15(23-3)16(18)21/h12-15H,4-11H2,1-3H3,(H2,18,21). The Hall–Kier alpha value is -1.14. The summed E-state index contributed by atoms with van der Waals surface area (Å²) in [5, 5.41) is 0. The molecule has 2 aliphatic rings. The summed E-state index contributed by atoms with van der Waals surface area (Å²) in [5.41, 5.74) is 5.38. The van der Waals surface area contributed by atoms with E-state index in [2.05, 4.69) is 18.7 Å². The minimum atomic E-state index is -0.513. The van der Waals surface area contributed by atoms with Crippen LogP contribution in [0.25, 0.3) is 0 Å². The molecule has 2 amide bonds. The maximum atomic E-state index is 12.7. The third kappa shape index (κ3) is 4.44. The van der Waals surface area contributed by atoms with Crippen LogP contribution in [0.15, 0.2) is 0 Å². The van der Waals surface area contributed by atoms with Crippen LogP contribution in [0.3, 0.4) is 0 Å². The molecule has 1 unspecified atom stereocenters. The number of amides is 2. The van der Waals surface area contributed by atoms with E-state index >= 15 is 0 Å². The van der Waals surface area contributed by atoms with Crippen LogP contribution in [-0.4, -0.2) is 67.0 Å². The first-order valence-electron chi connectivity index (χ1n) is 8.79. The van der Waals surface area contributed by atoms with Crippen molar-refractivity contribution in [3.05, 3.63) is 0 Å². The van der Waals surface area contributed by atoms with Gasteiger partial charge in [0.1, 0.15) is 6.10 Å². The van der Waals surface area contributed by atoms with Crippen LogP contribution in [0.1, 0.15) is 39.5 Å². The maximum absolute atomic E-state index is 12.7. The Morgan fingerprint density at radius 1 is 1.04 bits per heavy atom. The Morgan fingerprint density at radius 3 is 2.04 bits per heavy atom. The van der Waals surface area contributed by atoms with Crippen LogP contribution in [0, 0.1) is 11.8 Å². The topological polar surface area (TPSA) is 75.9 Å². The third-order valence-electron chi connectivity index (χ3n) is 5.44. The smallest absolute Gasteiger partial charge is 0.246 e. The zero-order valence-corrected chi connectivity index (χ0v) is 14.7. The molecule has 6 nitrogen and oxygen atoms in total. The number of ether oxygens (including phenoxy) is 1. The van der Waals surface area contributed by atoms with Crippen molar-refractivity contribution in [2.75, 3.05) is 33.3 Å². The van der Waals surface area contributed by atoms with Crippen molar-refractivity contribution in [3.8, 4) is 0 Å². The number of methoxy groups -OCH3 is 1. The average molecular weight is 325 g/mol. The van der Waals surface area contributed by atoms with Gasteiger partial charge < -0.3 is 15.4 Å². The molecular formula is C17H31N3O3. The molecule has 2 rings (SSSR count). The van der Waals surface area contributed by atoms with Crippen LogP contribution in [0.5, 0.6) is 0 Å². The van der Waals surface area contributed by atoms with Crippen molar-refractivity contribution in [1.82, 2.24) is 9.80 Å². The summed E-state index contributed by atoms with van der Waals surface area (Å²) in [4.78, 5) is 28.5. The summed E-state index contributed by atoms with van der Waals surface area (Å²) < 4.78 is 5.22. The largest absolute Gasteiger partial charge is 0.371 e. The van der Waals surface area contributed by atoms with E-state index in [-0.39, 0.29) is 11.8 Å². The van der Waals surface area contributed by atoms with Crippen molar-refractivity contribution < 1.29 is 14.3 Å². The monoisotopic (exact) mass is 325 g/mol. The summed E-state index contributed by atoms with van der Waals surface area (Å²) in [7, 11) is 1.53. The fourth-order valence-electron chi connectivity index (χ4n) is 3.93. The molecule has 0 bridgehead atoms. The maximum Gasteiger partial charge on any atom is 0.246 e. The van der Waals surface area contributed by atoms with Gasteiger partial charge >= 0.3 is 0 Å².